The van der Waals surface area contributed by atoms with Crippen molar-refractivity contribution in [2.24, 2.45) is 5.41 Å². The van der Waals surface area contributed by atoms with Gasteiger partial charge in [-0.05, 0) is 68.4 Å². The smallest absolute Gasteiger partial charge is 0.329 e. The lowest BCUT2D eigenvalue weighted by Gasteiger charge is -2.49. The second-order valence-corrected chi connectivity index (χ2v) is 13.7. The van der Waals surface area contributed by atoms with Crippen molar-refractivity contribution in [3.8, 4) is 0 Å². The predicted octanol–water partition coefficient (Wildman–Crippen LogP) is 7.02. The van der Waals surface area contributed by atoms with Crippen LogP contribution in [0.15, 0.2) is 59.7 Å². The second kappa shape index (κ2) is 12.7. The van der Waals surface area contributed by atoms with Crippen molar-refractivity contribution in [1.82, 2.24) is 0 Å². The first kappa shape index (κ1) is 30.2. The van der Waals surface area contributed by atoms with Gasteiger partial charge in [0.2, 0.25) is 0 Å². The number of thioether (sulfide) groups is 2. The zero-order valence-corrected chi connectivity index (χ0v) is 24.8. The fraction of sp³-hybridized carbons (Fsp3) is 0.452. The Hall–Kier alpha value is -2.35. The third kappa shape index (κ3) is 7.39. The van der Waals surface area contributed by atoms with Gasteiger partial charge in [0.1, 0.15) is 6.61 Å². The first-order valence-corrected chi connectivity index (χ1v) is 14.8. The molecule has 0 aliphatic heterocycles. The standard InChI is InChI=1S/C31H38O5S2/c1-20-7-11-26(12-8-20)27(33)18-38-31(37-16-15-24-9-13-25(14-10-24)23(4)32)19-30(5,6)29(21(2)22(31)3)36-17-28(34)35/h7-14,29H,15-19H2,1-6H3,(H,34,35). The van der Waals surface area contributed by atoms with E-state index in [2.05, 4.69) is 20.8 Å². The summed E-state index contributed by atoms with van der Waals surface area (Å²) in [5.74, 6) is 0.366. The Balaban J connectivity index is 1.85. The van der Waals surface area contributed by atoms with Gasteiger partial charge in [0.05, 0.1) is 15.9 Å². The highest BCUT2D eigenvalue weighted by molar-refractivity contribution is 8.18. The Kier molecular flexibility index (Phi) is 10.1. The number of hydrogen-bond donors (Lipinski definition) is 1. The van der Waals surface area contributed by atoms with Gasteiger partial charge in [-0.25, -0.2) is 4.79 Å². The summed E-state index contributed by atoms with van der Waals surface area (Å²) in [6.07, 6.45) is 1.27. The highest BCUT2D eigenvalue weighted by Gasteiger charge is 2.49. The molecule has 1 aliphatic rings. The van der Waals surface area contributed by atoms with Crippen LogP contribution < -0.4 is 0 Å². The van der Waals surface area contributed by atoms with E-state index in [1.165, 1.54) is 0 Å². The summed E-state index contributed by atoms with van der Waals surface area (Å²) in [7, 11) is 0. The van der Waals surface area contributed by atoms with Crippen molar-refractivity contribution in [1.29, 1.82) is 0 Å². The molecule has 1 N–H and O–H groups in total. The lowest BCUT2D eigenvalue weighted by molar-refractivity contribution is -0.146. The van der Waals surface area contributed by atoms with Crippen LogP contribution in [0, 0.1) is 12.3 Å². The molecule has 0 amide bonds. The van der Waals surface area contributed by atoms with E-state index in [4.69, 9.17) is 4.74 Å². The fourth-order valence-corrected chi connectivity index (χ4v) is 8.68. The van der Waals surface area contributed by atoms with Crippen molar-refractivity contribution in [2.45, 2.75) is 64.6 Å². The first-order valence-electron chi connectivity index (χ1n) is 12.8. The van der Waals surface area contributed by atoms with Crippen LogP contribution in [0.25, 0.3) is 0 Å². The number of hydrogen-bond acceptors (Lipinski definition) is 6. The van der Waals surface area contributed by atoms with Gasteiger partial charge >= 0.3 is 5.97 Å². The fourth-order valence-electron chi connectivity index (χ4n) is 5.02. The topological polar surface area (TPSA) is 80.7 Å². The molecule has 0 aromatic heterocycles. The lowest BCUT2D eigenvalue weighted by Crippen LogP contribution is -2.46. The second-order valence-electron chi connectivity index (χ2n) is 10.7. The van der Waals surface area contributed by atoms with Gasteiger partial charge in [-0.15, -0.1) is 23.5 Å². The molecule has 3 rings (SSSR count). The monoisotopic (exact) mass is 554 g/mol. The van der Waals surface area contributed by atoms with Crippen molar-refractivity contribution in [3.63, 3.8) is 0 Å². The van der Waals surface area contributed by atoms with Gasteiger partial charge in [0.15, 0.2) is 11.6 Å². The van der Waals surface area contributed by atoms with Gasteiger partial charge in [-0.3, -0.25) is 9.59 Å². The maximum atomic E-state index is 13.2. The van der Waals surface area contributed by atoms with E-state index in [0.717, 1.165) is 40.9 Å². The molecule has 7 heteroatoms. The number of carboxylic acids is 1. The summed E-state index contributed by atoms with van der Waals surface area (Å²) in [6, 6.07) is 15.5. The van der Waals surface area contributed by atoms with Gasteiger partial charge in [-0.2, -0.15) is 0 Å². The molecule has 2 unspecified atom stereocenters. The maximum Gasteiger partial charge on any atom is 0.329 e. The summed E-state index contributed by atoms with van der Waals surface area (Å²) >= 11 is 3.52. The minimum absolute atomic E-state index is 0.0554. The number of rotatable bonds is 12. The minimum Gasteiger partial charge on any atom is -0.480 e. The quantitative estimate of drug-likeness (QED) is 0.171. The molecule has 5 nitrogen and oxygen atoms in total. The van der Waals surface area contributed by atoms with Crippen LogP contribution in [-0.4, -0.2) is 50.9 Å². The molecule has 1 aliphatic carbocycles. The molecule has 0 spiro atoms. The molecule has 2 atom stereocenters. The van der Waals surface area contributed by atoms with Crippen molar-refractivity contribution in [2.75, 3.05) is 18.1 Å². The number of Topliss-reactive ketones (excluding diaryl/α,β-unsaturated/α-hetero) is 2. The van der Waals surface area contributed by atoms with Gasteiger partial charge < -0.3 is 9.84 Å². The summed E-state index contributed by atoms with van der Waals surface area (Å²) < 4.78 is 5.52. The van der Waals surface area contributed by atoms with E-state index in [0.29, 0.717) is 16.9 Å². The SMILES string of the molecule is CC(=O)c1ccc(CCSC2(SCC(=O)c3ccc(C)cc3)CC(C)(C)C(OCC(=O)O)C(C)=C2C)cc1. The summed E-state index contributed by atoms with van der Waals surface area (Å²) in [4.78, 5) is 36.0. The molecule has 0 fully saturated rings. The number of aliphatic carboxylic acids is 1. The zero-order chi connectivity index (χ0) is 28.1. The molecular weight excluding hydrogens is 516 g/mol. The lowest BCUT2D eigenvalue weighted by atomic mass is 9.72. The maximum absolute atomic E-state index is 13.2. The van der Waals surface area contributed by atoms with Crippen molar-refractivity contribution >= 4 is 41.1 Å². The van der Waals surface area contributed by atoms with Crippen LogP contribution in [0.2, 0.25) is 0 Å². The third-order valence-electron chi connectivity index (χ3n) is 7.22. The number of aryl methyl sites for hydroxylation is 2. The van der Waals surface area contributed by atoms with E-state index in [1.807, 2.05) is 74.1 Å². The summed E-state index contributed by atoms with van der Waals surface area (Å²) in [5, 5.41) is 9.21. The Bertz CT molecular complexity index is 1200. The molecule has 0 bridgehead atoms. The van der Waals surface area contributed by atoms with E-state index in [1.54, 1.807) is 18.7 Å². The minimum atomic E-state index is -0.980. The van der Waals surface area contributed by atoms with Crippen LogP contribution >= 0.6 is 23.5 Å². The number of carboxylic acid groups (broad SMARTS) is 1. The number of ether oxygens (including phenoxy) is 1. The molecule has 0 saturated carbocycles. The Labute approximate surface area is 234 Å². The molecule has 0 radical (unpaired) electrons. The Morgan fingerprint density at radius 3 is 2.13 bits per heavy atom. The normalized spacial score (nSPS) is 20.8. The molecule has 2 aromatic carbocycles. The van der Waals surface area contributed by atoms with E-state index >= 15 is 0 Å². The number of carbonyl (C=O) groups is 3. The van der Waals surface area contributed by atoms with Crippen LogP contribution in [0.5, 0.6) is 0 Å². The van der Waals surface area contributed by atoms with Crippen molar-refractivity contribution < 1.29 is 24.2 Å². The highest BCUT2D eigenvalue weighted by Crippen LogP contribution is 2.57. The molecule has 0 heterocycles. The van der Waals surface area contributed by atoms with Gasteiger partial charge in [0, 0.05) is 11.1 Å². The van der Waals surface area contributed by atoms with E-state index in [9.17, 15) is 19.5 Å². The van der Waals surface area contributed by atoms with Crippen LogP contribution in [0.3, 0.4) is 0 Å². The number of carbonyl (C=O) groups excluding carboxylic acids is 2. The third-order valence-corrected chi connectivity index (χ3v) is 10.6. The highest BCUT2D eigenvalue weighted by atomic mass is 32.2. The van der Waals surface area contributed by atoms with Crippen LogP contribution in [0.4, 0.5) is 0 Å². The Morgan fingerprint density at radius 2 is 1.55 bits per heavy atom. The largest absolute Gasteiger partial charge is 0.480 e. The van der Waals surface area contributed by atoms with Crippen LogP contribution in [0.1, 0.15) is 72.9 Å². The van der Waals surface area contributed by atoms with Crippen molar-refractivity contribution in [3.05, 3.63) is 81.9 Å². The molecule has 0 saturated heterocycles. The average molecular weight is 555 g/mol. The van der Waals surface area contributed by atoms with Crippen LogP contribution in [-0.2, 0) is 16.0 Å². The molecule has 2 aromatic rings. The summed E-state index contributed by atoms with van der Waals surface area (Å²) in [5.41, 5.74) is 5.56. The number of ketones is 2. The number of benzene rings is 2. The molecule has 38 heavy (non-hydrogen) atoms. The Morgan fingerprint density at radius 1 is 0.947 bits per heavy atom. The molecule has 204 valence electrons. The molecular formula is C31H38O5S2. The first-order chi connectivity index (χ1) is 17.8. The summed E-state index contributed by atoms with van der Waals surface area (Å²) in [6.45, 7) is 11.6. The van der Waals surface area contributed by atoms with E-state index < -0.39 is 5.97 Å². The van der Waals surface area contributed by atoms with Gasteiger partial charge in [0.25, 0.3) is 0 Å². The van der Waals surface area contributed by atoms with E-state index in [-0.39, 0.29) is 33.8 Å². The zero-order valence-electron chi connectivity index (χ0n) is 23.1. The average Bonchev–Trinajstić information content (AvgIpc) is 2.86. The predicted molar refractivity (Wildman–Crippen MR) is 157 cm³/mol. The van der Waals surface area contributed by atoms with Gasteiger partial charge in [-0.1, -0.05) is 67.9 Å².